The van der Waals surface area contributed by atoms with E-state index in [4.69, 9.17) is 0 Å². The first-order chi connectivity index (χ1) is 8.24. The Hall–Kier alpha value is -0.550. The molecule has 0 bridgehead atoms. The van der Waals surface area contributed by atoms with E-state index in [1.807, 2.05) is 23.9 Å². The molecule has 1 aromatic rings. The molecule has 1 saturated heterocycles. The van der Waals surface area contributed by atoms with Crippen LogP contribution in [-0.4, -0.2) is 22.4 Å². The van der Waals surface area contributed by atoms with E-state index in [9.17, 15) is 4.79 Å². The van der Waals surface area contributed by atoms with Crippen molar-refractivity contribution in [3.63, 3.8) is 0 Å². The Labute approximate surface area is 114 Å². The van der Waals surface area contributed by atoms with Crippen LogP contribution in [0.2, 0.25) is 0 Å². The van der Waals surface area contributed by atoms with Crippen molar-refractivity contribution < 1.29 is 4.79 Å². The summed E-state index contributed by atoms with van der Waals surface area (Å²) in [6.45, 7) is 0. The highest BCUT2D eigenvalue weighted by Crippen LogP contribution is 2.25. The van der Waals surface area contributed by atoms with Gasteiger partial charge in [-0.15, -0.1) is 0 Å². The number of pyridine rings is 1. The second kappa shape index (κ2) is 6.40. The van der Waals surface area contributed by atoms with Gasteiger partial charge in [0.1, 0.15) is 5.82 Å². The van der Waals surface area contributed by atoms with Crippen LogP contribution in [-0.2, 0) is 4.79 Å². The van der Waals surface area contributed by atoms with Crippen LogP contribution in [0.15, 0.2) is 22.8 Å². The number of hydrogen-bond acceptors (Lipinski definition) is 3. The molecule has 0 aromatic carbocycles. The molecule has 1 aliphatic heterocycles. The number of hydrogen-bond donors (Lipinski definition) is 1. The van der Waals surface area contributed by atoms with Gasteiger partial charge in [-0.25, -0.2) is 4.98 Å². The zero-order chi connectivity index (χ0) is 12.1. The molecule has 0 saturated carbocycles. The zero-order valence-corrected chi connectivity index (χ0v) is 11.9. The Balaban J connectivity index is 1.84. The minimum atomic E-state index is 0.0764. The Kier molecular flexibility index (Phi) is 4.86. The number of amides is 1. The summed E-state index contributed by atoms with van der Waals surface area (Å²) in [5, 5.41) is 2.84. The average molecular weight is 315 g/mol. The molecule has 1 aliphatic rings. The second-order valence-corrected chi connectivity index (χ2v) is 6.31. The van der Waals surface area contributed by atoms with Crippen LogP contribution in [0.1, 0.15) is 19.3 Å². The molecule has 1 N–H and O–H groups in total. The molecule has 1 fully saturated rings. The number of carbonyl (C=O) groups excluding carboxylic acids is 1. The van der Waals surface area contributed by atoms with Crippen molar-refractivity contribution in [2.24, 2.45) is 5.92 Å². The van der Waals surface area contributed by atoms with Gasteiger partial charge in [0.15, 0.2) is 0 Å². The van der Waals surface area contributed by atoms with Gasteiger partial charge in [-0.3, -0.25) is 4.79 Å². The van der Waals surface area contributed by atoms with Crippen molar-refractivity contribution in [2.45, 2.75) is 19.3 Å². The number of nitrogens with one attached hydrogen (secondary N) is 1. The number of rotatable bonds is 3. The molecular formula is C12H15BrN2OS. The number of thioether (sulfide) groups is 1. The topological polar surface area (TPSA) is 42.0 Å². The van der Waals surface area contributed by atoms with Crippen LogP contribution >= 0.6 is 27.7 Å². The lowest BCUT2D eigenvalue weighted by molar-refractivity contribution is -0.117. The molecule has 5 heteroatoms. The largest absolute Gasteiger partial charge is 0.311 e. The quantitative estimate of drug-likeness (QED) is 0.930. The van der Waals surface area contributed by atoms with Gasteiger partial charge in [0, 0.05) is 17.1 Å². The normalized spacial score (nSPS) is 16.8. The van der Waals surface area contributed by atoms with Crippen LogP contribution < -0.4 is 5.32 Å². The molecule has 1 aromatic heterocycles. The molecule has 0 atom stereocenters. The third-order valence-electron chi connectivity index (χ3n) is 2.80. The number of anilines is 1. The molecule has 17 heavy (non-hydrogen) atoms. The van der Waals surface area contributed by atoms with Gasteiger partial charge in [0.25, 0.3) is 0 Å². The summed E-state index contributed by atoms with van der Waals surface area (Å²) < 4.78 is 0.928. The molecule has 0 aliphatic carbocycles. The maximum Gasteiger partial charge on any atom is 0.225 e. The van der Waals surface area contributed by atoms with E-state index < -0.39 is 0 Å². The average Bonchev–Trinajstić information content (AvgIpc) is 2.30. The smallest absolute Gasteiger partial charge is 0.225 e. The van der Waals surface area contributed by atoms with Crippen LogP contribution in [0, 0.1) is 5.92 Å². The fourth-order valence-corrected chi connectivity index (χ4v) is 3.42. The molecule has 2 rings (SSSR count). The van der Waals surface area contributed by atoms with Gasteiger partial charge in [-0.05, 0) is 42.4 Å². The first kappa shape index (κ1) is 12.9. The number of nitrogens with zero attached hydrogens (tertiary/aromatic N) is 1. The Morgan fingerprint density at radius 2 is 2.29 bits per heavy atom. The summed E-state index contributed by atoms with van der Waals surface area (Å²) in [6, 6.07) is 3.66. The first-order valence-corrected chi connectivity index (χ1v) is 7.68. The third kappa shape index (κ3) is 4.32. The minimum Gasteiger partial charge on any atom is -0.311 e. The maximum absolute atomic E-state index is 11.8. The minimum absolute atomic E-state index is 0.0764. The van der Waals surface area contributed by atoms with E-state index in [2.05, 4.69) is 26.2 Å². The molecular weight excluding hydrogens is 300 g/mol. The summed E-state index contributed by atoms with van der Waals surface area (Å²) in [4.78, 5) is 15.9. The Bertz CT molecular complexity index is 394. The van der Waals surface area contributed by atoms with Gasteiger partial charge in [-0.1, -0.05) is 15.9 Å². The van der Waals surface area contributed by atoms with E-state index in [0.717, 1.165) is 17.3 Å². The van der Waals surface area contributed by atoms with Gasteiger partial charge in [-0.2, -0.15) is 11.8 Å². The second-order valence-electron chi connectivity index (χ2n) is 4.17. The fraction of sp³-hybridized carbons (Fsp3) is 0.500. The number of halogens is 1. The highest BCUT2D eigenvalue weighted by molar-refractivity contribution is 9.10. The molecule has 92 valence electrons. The maximum atomic E-state index is 11.8. The first-order valence-electron chi connectivity index (χ1n) is 5.73. The lowest BCUT2D eigenvalue weighted by atomic mass is 9.98. The van der Waals surface area contributed by atoms with Gasteiger partial charge >= 0.3 is 0 Å². The Morgan fingerprint density at radius 3 is 3.00 bits per heavy atom. The van der Waals surface area contributed by atoms with Crippen molar-refractivity contribution in [1.82, 2.24) is 4.98 Å². The van der Waals surface area contributed by atoms with Gasteiger partial charge in [0.2, 0.25) is 5.91 Å². The predicted molar refractivity (Wildman–Crippen MR) is 75.2 cm³/mol. The zero-order valence-electron chi connectivity index (χ0n) is 9.49. The third-order valence-corrected chi connectivity index (χ3v) is 4.35. The van der Waals surface area contributed by atoms with Crippen LogP contribution in [0.3, 0.4) is 0 Å². The van der Waals surface area contributed by atoms with Gasteiger partial charge < -0.3 is 5.32 Å². The highest BCUT2D eigenvalue weighted by atomic mass is 79.9. The van der Waals surface area contributed by atoms with Crippen molar-refractivity contribution in [2.75, 3.05) is 16.8 Å². The predicted octanol–water partition coefficient (Wildman–Crippen LogP) is 3.32. The van der Waals surface area contributed by atoms with E-state index in [1.165, 1.54) is 11.5 Å². The summed E-state index contributed by atoms with van der Waals surface area (Å²) >= 11 is 5.34. The molecule has 3 nitrogen and oxygen atoms in total. The van der Waals surface area contributed by atoms with Crippen LogP contribution in [0.4, 0.5) is 5.82 Å². The van der Waals surface area contributed by atoms with Crippen molar-refractivity contribution in [1.29, 1.82) is 0 Å². The van der Waals surface area contributed by atoms with Gasteiger partial charge in [0.05, 0.1) is 0 Å². The van der Waals surface area contributed by atoms with Crippen molar-refractivity contribution in [3.8, 4) is 0 Å². The lowest BCUT2D eigenvalue weighted by Gasteiger charge is -2.20. The summed E-state index contributed by atoms with van der Waals surface area (Å²) in [6.07, 6.45) is 4.61. The lowest BCUT2D eigenvalue weighted by Crippen LogP contribution is -2.20. The van der Waals surface area contributed by atoms with Crippen LogP contribution in [0.5, 0.6) is 0 Å². The molecule has 0 radical (unpaired) electrons. The summed E-state index contributed by atoms with van der Waals surface area (Å²) in [7, 11) is 0. The van der Waals surface area contributed by atoms with E-state index in [0.29, 0.717) is 18.2 Å². The SMILES string of the molecule is O=C(CC1CCSCC1)Nc1cc(Br)ccn1. The van der Waals surface area contributed by atoms with Crippen molar-refractivity contribution in [3.05, 3.63) is 22.8 Å². The highest BCUT2D eigenvalue weighted by Gasteiger charge is 2.17. The summed E-state index contributed by atoms with van der Waals surface area (Å²) in [5.74, 6) is 3.62. The Morgan fingerprint density at radius 1 is 1.53 bits per heavy atom. The molecule has 0 spiro atoms. The number of carbonyl (C=O) groups is 1. The van der Waals surface area contributed by atoms with E-state index >= 15 is 0 Å². The number of aromatic nitrogens is 1. The standard InChI is InChI=1S/C12H15BrN2OS/c13-10-1-4-14-11(8-10)15-12(16)7-9-2-5-17-6-3-9/h1,4,8-9H,2-3,5-7H2,(H,14,15,16). The molecule has 0 unspecified atom stereocenters. The summed E-state index contributed by atoms with van der Waals surface area (Å²) in [5.41, 5.74) is 0. The monoisotopic (exact) mass is 314 g/mol. The molecule has 2 heterocycles. The molecule has 1 amide bonds. The van der Waals surface area contributed by atoms with E-state index in [-0.39, 0.29) is 5.91 Å². The van der Waals surface area contributed by atoms with Crippen LogP contribution in [0.25, 0.3) is 0 Å². The van der Waals surface area contributed by atoms with Crippen molar-refractivity contribution >= 4 is 39.4 Å². The van der Waals surface area contributed by atoms with E-state index in [1.54, 1.807) is 6.20 Å². The fourth-order valence-electron chi connectivity index (χ4n) is 1.88.